The Morgan fingerprint density at radius 3 is 2.59 bits per heavy atom. The molecule has 0 bridgehead atoms. The summed E-state index contributed by atoms with van der Waals surface area (Å²) in [5.74, 6) is 0.796. The number of carbonyl (C=O) groups excluding carboxylic acids is 1. The molecule has 6 heteroatoms. The largest absolute Gasteiger partial charge is 0.497 e. The van der Waals surface area contributed by atoms with Gasteiger partial charge in [0.1, 0.15) is 11.3 Å². The highest BCUT2D eigenvalue weighted by Crippen LogP contribution is 2.24. The molecule has 0 atom stereocenters. The third kappa shape index (κ3) is 4.17. The van der Waals surface area contributed by atoms with E-state index in [-0.39, 0.29) is 11.5 Å². The fourth-order valence-corrected chi connectivity index (χ4v) is 3.78. The maximum Gasteiger partial charge on any atom is 0.336 e. The zero-order valence-electron chi connectivity index (χ0n) is 16.7. The number of amides is 1. The SMILES string of the molecule is COc1ccc2oc(=O)cc(CN3CCN(C(=O)c4cccc(C)c4)CC3)c2c1. The van der Waals surface area contributed by atoms with E-state index in [2.05, 4.69) is 4.90 Å². The van der Waals surface area contributed by atoms with E-state index >= 15 is 0 Å². The molecule has 150 valence electrons. The van der Waals surface area contributed by atoms with Crippen molar-refractivity contribution in [2.45, 2.75) is 13.5 Å². The van der Waals surface area contributed by atoms with Crippen LogP contribution in [0.1, 0.15) is 21.5 Å². The predicted octanol–water partition coefficient (Wildman–Crippen LogP) is 3.07. The van der Waals surface area contributed by atoms with Gasteiger partial charge in [0.15, 0.2) is 0 Å². The van der Waals surface area contributed by atoms with Gasteiger partial charge in [-0.1, -0.05) is 17.7 Å². The second-order valence-electron chi connectivity index (χ2n) is 7.39. The zero-order valence-corrected chi connectivity index (χ0v) is 16.7. The molecule has 0 aliphatic carbocycles. The summed E-state index contributed by atoms with van der Waals surface area (Å²) in [7, 11) is 1.62. The average molecular weight is 392 g/mol. The maximum atomic E-state index is 12.7. The van der Waals surface area contributed by atoms with E-state index in [1.165, 1.54) is 0 Å². The fourth-order valence-electron chi connectivity index (χ4n) is 3.78. The second kappa shape index (κ2) is 8.09. The van der Waals surface area contributed by atoms with Crippen LogP contribution >= 0.6 is 0 Å². The molecule has 3 aromatic rings. The molecule has 0 radical (unpaired) electrons. The average Bonchev–Trinajstić information content (AvgIpc) is 2.73. The number of fused-ring (bicyclic) bond motifs is 1. The van der Waals surface area contributed by atoms with Crippen LogP contribution in [0.4, 0.5) is 0 Å². The Labute approximate surface area is 169 Å². The minimum absolute atomic E-state index is 0.0730. The van der Waals surface area contributed by atoms with Crippen LogP contribution in [0.5, 0.6) is 5.75 Å². The highest BCUT2D eigenvalue weighted by Gasteiger charge is 2.23. The molecule has 2 aromatic carbocycles. The highest BCUT2D eigenvalue weighted by molar-refractivity contribution is 5.94. The molecular weight excluding hydrogens is 368 g/mol. The molecule has 0 spiro atoms. The number of benzene rings is 2. The van der Waals surface area contributed by atoms with Crippen LogP contribution in [-0.2, 0) is 6.54 Å². The van der Waals surface area contributed by atoms with Crippen LogP contribution in [0.2, 0.25) is 0 Å². The normalized spacial score (nSPS) is 14.9. The van der Waals surface area contributed by atoms with Crippen molar-refractivity contribution in [2.24, 2.45) is 0 Å². The Hall–Kier alpha value is -3.12. The third-order valence-corrected chi connectivity index (χ3v) is 5.35. The summed E-state index contributed by atoms with van der Waals surface area (Å²) < 4.78 is 10.6. The first-order valence-electron chi connectivity index (χ1n) is 9.72. The molecule has 1 amide bonds. The predicted molar refractivity (Wildman–Crippen MR) is 111 cm³/mol. The fraction of sp³-hybridized carbons (Fsp3) is 0.304. The van der Waals surface area contributed by atoms with E-state index in [9.17, 15) is 9.59 Å². The number of hydrogen-bond donors (Lipinski definition) is 0. The Morgan fingerprint density at radius 2 is 1.86 bits per heavy atom. The van der Waals surface area contributed by atoms with E-state index in [1.807, 2.05) is 42.2 Å². The number of carbonyl (C=O) groups is 1. The van der Waals surface area contributed by atoms with Gasteiger partial charge in [0.05, 0.1) is 7.11 Å². The lowest BCUT2D eigenvalue weighted by atomic mass is 10.1. The number of piperazine rings is 1. The van der Waals surface area contributed by atoms with Crippen LogP contribution in [0.15, 0.2) is 57.7 Å². The van der Waals surface area contributed by atoms with Crippen molar-refractivity contribution in [3.8, 4) is 5.75 Å². The summed E-state index contributed by atoms with van der Waals surface area (Å²) in [5, 5.41) is 0.877. The monoisotopic (exact) mass is 392 g/mol. The molecule has 1 aromatic heterocycles. The molecule has 6 nitrogen and oxygen atoms in total. The molecule has 0 unspecified atom stereocenters. The molecule has 1 saturated heterocycles. The van der Waals surface area contributed by atoms with Crippen molar-refractivity contribution in [2.75, 3.05) is 33.3 Å². The Balaban J connectivity index is 1.47. The number of aryl methyl sites for hydroxylation is 1. The van der Waals surface area contributed by atoms with Gasteiger partial charge in [-0.15, -0.1) is 0 Å². The molecule has 4 rings (SSSR count). The number of ether oxygens (including phenoxy) is 1. The summed E-state index contributed by atoms with van der Waals surface area (Å²) >= 11 is 0. The van der Waals surface area contributed by atoms with Gasteiger partial charge in [0, 0.05) is 49.7 Å². The Morgan fingerprint density at radius 1 is 1.07 bits per heavy atom. The van der Waals surface area contributed by atoms with Crippen molar-refractivity contribution in [1.82, 2.24) is 9.80 Å². The van der Waals surface area contributed by atoms with Crippen LogP contribution in [-0.4, -0.2) is 49.0 Å². The van der Waals surface area contributed by atoms with Gasteiger partial charge in [-0.3, -0.25) is 9.69 Å². The summed E-state index contributed by atoms with van der Waals surface area (Å²) in [6.07, 6.45) is 0. The number of hydrogen-bond acceptors (Lipinski definition) is 5. The van der Waals surface area contributed by atoms with Crippen LogP contribution in [0, 0.1) is 6.92 Å². The van der Waals surface area contributed by atoms with E-state index < -0.39 is 0 Å². The summed E-state index contributed by atoms with van der Waals surface area (Å²) in [5.41, 5.74) is 2.93. The number of nitrogens with zero attached hydrogens (tertiary/aromatic N) is 2. The van der Waals surface area contributed by atoms with E-state index in [0.717, 1.165) is 40.9 Å². The lowest BCUT2D eigenvalue weighted by molar-refractivity contribution is 0.0628. The molecule has 2 heterocycles. The van der Waals surface area contributed by atoms with E-state index in [1.54, 1.807) is 25.3 Å². The van der Waals surface area contributed by atoms with Crippen molar-refractivity contribution in [3.63, 3.8) is 0 Å². The van der Waals surface area contributed by atoms with Gasteiger partial charge in [0.2, 0.25) is 0 Å². The zero-order chi connectivity index (χ0) is 20.4. The summed E-state index contributed by atoms with van der Waals surface area (Å²) in [4.78, 5) is 28.9. The molecular formula is C23H24N2O4. The van der Waals surface area contributed by atoms with Gasteiger partial charge in [-0.2, -0.15) is 0 Å². The van der Waals surface area contributed by atoms with Gasteiger partial charge >= 0.3 is 5.63 Å². The maximum absolute atomic E-state index is 12.7. The molecule has 29 heavy (non-hydrogen) atoms. The quantitative estimate of drug-likeness (QED) is 0.639. The van der Waals surface area contributed by atoms with Gasteiger partial charge in [-0.25, -0.2) is 4.79 Å². The topological polar surface area (TPSA) is 63.0 Å². The first-order valence-corrected chi connectivity index (χ1v) is 9.72. The molecule has 1 fully saturated rings. The van der Waals surface area contributed by atoms with Crippen molar-refractivity contribution >= 4 is 16.9 Å². The molecule has 0 N–H and O–H groups in total. The van der Waals surface area contributed by atoms with Gasteiger partial charge in [0.25, 0.3) is 5.91 Å². The first kappa shape index (κ1) is 19.2. The van der Waals surface area contributed by atoms with Crippen molar-refractivity contribution < 1.29 is 13.9 Å². The highest BCUT2D eigenvalue weighted by atomic mass is 16.5. The smallest absolute Gasteiger partial charge is 0.336 e. The minimum atomic E-state index is -0.356. The van der Waals surface area contributed by atoms with E-state index in [4.69, 9.17) is 9.15 Å². The summed E-state index contributed by atoms with van der Waals surface area (Å²) in [6, 6.07) is 14.7. The van der Waals surface area contributed by atoms with Crippen LogP contribution in [0.3, 0.4) is 0 Å². The number of methoxy groups -OCH3 is 1. The van der Waals surface area contributed by atoms with E-state index in [0.29, 0.717) is 25.2 Å². The molecule has 0 saturated carbocycles. The van der Waals surface area contributed by atoms with Gasteiger partial charge in [-0.05, 0) is 42.8 Å². The lowest BCUT2D eigenvalue weighted by Gasteiger charge is -2.35. The Kier molecular flexibility index (Phi) is 5.36. The molecule has 1 aliphatic heterocycles. The number of rotatable bonds is 4. The Bertz CT molecular complexity index is 1100. The van der Waals surface area contributed by atoms with Crippen LogP contribution < -0.4 is 10.4 Å². The van der Waals surface area contributed by atoms with Crippen LogP contribution in [0.25, 0.3) is 11.0 Å². The third-order valence-electron chi connectivity index (χ3n) is 5.35. The standard InChI is InChI=1S/C23H24N2O4/c1-16-4-3-5-17(12-16)23(27)25-10-8-24(9-11-25)15-18-13-22(26)29-21-7-6-19(28-2)14-20(18)21/h3-7,12-14H,8-11,15H2,1-2H3. The minimum Gasteiger partial charge on any atom is -0.497 e. The lowest BCUT2D eigenvalue weighted by Crippen LogP contribution is -2.48. The molecule has 1 aliphatic rings. The first-order chi connectivity index (χ1) is 14.0. The summed E-state index contributed by atoms with van der Waals surface area (Å²) in [6.45, 7) is 5.45. The van der Waals surface area contributed by atoms with Crippen molar-refractivity contribution in [1.29, 1.82) is 0 Å². The second-order valence-corrected chi connectivity index (χ2v) is 7.39. The van der Waals surface area contributed by atoms with Crippen molar-refractivity contribution in [3.05, 3.63) is 75.6 Å². The van der Waals surface area contributed by atoms with Gasteiger partial charge < -0.3 is 14.1 Å².